The van der Waals surface area contributed by atoms with Crippen molar-refractivity contribution in [1.29, 1.82) is 0 Å². The van der Waals surface area contributed by atoms with Gasteiger partial charge in [0.05, 0.1) is 10.7 Å². The predicted octanol–water partition coefficient (Wildman–Crippen LogP) is 2.62. The van der Waals surface area contributed by atoms with Gasteiger partial charge in [0, 0.05) is 11.5 Å². The van der Waals surface area contributed by atoms with Crippen molar-refractivity contribution < 1.29 is 9.90 Å². The average Bonchev–Trinajstić information content (AvgIpc) is 2.01. The Bertz CT molecular complexity index is 357. The second-order valence-corrected chi connectivity index (χ2v) is 4.17. The van der Waals surface area contributed by atoms with E-state index in [-0.39, 0.29) is 6.54 Å². The maximum absolute atomic E-state index is 10.5. The molecule has 0 unspecified atom stereocenters. The predicted molar refractivity (Wildman–Crippen MR) is 60.1 cm³/mol. The van der Waals surface area contributed by atoms with Crippen LogP contribution in [0.3, 0.4) is 0 Å². The van der Waals surface area contributed by atoms with Gasteiger partial charge in [-0.2, -0.15) is 0 Å². The molecule has 0 saturated heterocycles. The first-order valence-corrected chi connectivity index (χ1v) is 5.06. The normalized spacial score (nSPS) is 9.93. The molecule has 0 aliphatic heterocycles. The summed E-state index contributed by atoms with van der Waals surface area (Å²) in [4.78, 5) is 12.0. The van der Waals surface area contributed by atoms with Crippen molar-refractivity contribution in [3.8, 4) is 0 Å². The Kier molecular flexibility index (Phi) is 3.77. The van der Waals surface area contributed by atoms with Crippen LogP contribution < -0.4 is 4.90 Å². The maximum Gasteiger partial charge on any atom is 0.323 e. The number of carboxylic acid groups (broad SMARTS) is 1. The third-order valence-corrected chi connectivity index (χ3v) is 2.49. The molecule has 0 spiro atoms. The van der Waals surface area contributed by atoms with Crippen LogP contribution in [0.4, 0.5) is 5.69 Å². The van der Waals surface area contributed by atoms with E-state index in [9.17, 15) is 4.79 Å². The zero-order valence-electron chi connectivity index (χ0n) is 7.50. The number of carbonyl (C=O) groups is 1. The monoisotopic (exact) mass is 277 g/mol. The van der Waals surface area contributed by atoms with Gasteiger partial charge < -0.3 is 10.0 Å². The van der Waals surface area contributed by atoms with Gasteiger partial charge in [-0.15, -0.1) is 0 Å². The van der Waals surface area contributed by atoms with Crippen molar-refractivity contribution in [3.63, 3.8) is 0 Å². The first-order valence-electron chi connectivity index (χ1n) is 3.88. The van der Waals surface area contributed by atoms with Crippen molar-refractivity contribution in [1.82, 2.24) is 0 Å². The number of aliphatic carboxylic acids is 1. The molecule has 0 amide bonds. The number of rotatable bonds is 3. The summed E-state index contributed by atoms with van der Waals surface area (Å²) in [5.74, 6) is -0.883. The standard InChI is InChI=1S/C9H9BrClNO2/c1-12(5-9(13)14)8-3-2-6(10)4-7(8)11/h2-4H,5H2,1H3,(H,13,14). The van der Waals surface area contributed by atoms with Crippen LogP contribution in [0.2, 0.25) is 5.02 Å². The highest BCUT2D eigenvalue weighted by molar-refractivity contribution is 9.10. The second kappa shape index (κ2) is 4.66. The van der Waals surface area contributed by atoms with Crippen LogP contribution in [0.15, 0.2) is 22.7 Å². The minimum atomic E-state index is -0.883. The quantitative estimate of drug-likeness (QED) is 0.924. The zero-order chi connectivity index (χ0) is 10.7. The highest BCUT2D eigenvalue weighted by atomic mass is 79.9. The van der Waals surface area contributed by atoms with Gasteiger partial charge in [-0.1, -0.05) is 27.5 Å². The molecule has 0 aliphatic carbocycles. The molecule has 0 aliphatic rings. The number of halogens is 2. The number of carboxylic acids is 1. The highest BCUT2D eigenvalue weighted by Crippen LogP contribution is 2.27. The molecule has 0 atom stereocenters. The summed E-state index contributed by atoms with van der Waals surface area (Å²) < 4.78 is 0.870. The Morgan fingerprint density at radius 1 is 1.64 bits per heavy atom. The Morgan fingerprint density at radius 3 is 2.79 bits per heavy atom. The first-order chi connectivity index (χ1) is 6.50. The minimum absolute atomic E-state index is 0.0681. The molecule has 0 heterocycles. The molecular formula is C9H9BrClNO2. The van der Waals surface area contributed by atoms with E-state index in [4.69, 9.17) is 16.7 Å². The fraction of sp³-hybridized carbons (Fsp3) is 0.222. The molecule has 0 fully saturated rings. The minimum Gasteiger partial charge on any atom is -0.480 e. The van der Waals surface area contributed by atoms with E-state index >= 15 is 0 Å². The topological polar surface area (TPSA) is 40.5 Å². The van der Waals surface area contributed by atoms with Crippen LogP contribution in [-0.4, -0.2) is 24.7 Å². The number of hydrogen-bond donors (Lipinski definition) is 1. The molecule has 5 heteroatoms. The van der Waals surface area contributed by atoms with Crippen molar-refractivity contribution in [2.75, 3.05) is 18.5 Å². The van der Waals surface area contributed by atoms with E-state index in [0.29, 0.717) is 10.7 Å². The summed E-state index contributed by atoms with van der Waals surface area (Å²) in [6.07, 6.45) is 0. The van der Waals surface area contributed by atoms with E-state index < -0.39 is 5.97 Å². The van der Waals surface area contributed by atoms with Crippen LogP contribution in [0.1, 0.15) is 0 Å². The third kappa shape index (κ3) is 2.89. The van der Waals surface area contributed by atoms with E-state index in [1.165, 1.54) is 0 Å². The molecule has 0 saturated carbocycles. The lowest BCUT2D eigenvalue weighted by Crippen LogP contribution is -2.25. The summed E-state index contributed by atoms with van der Waals surface area (Å²) in [7, 11) is 1.68. The zero-order valence-corrected chi connectivity index (χ0v) is 9.84. The van der Waals surface area contributed by atoms with Crippen LogP contribution in [0, 0.1) is 0 Å². The van der Waals surface area contributed by atoms with Crippen molar-refractivity contribution in [2.45, 2.75) is 0 Å². The molecular weight excluding hydrogens is 269 g/mol. The number of benzene rings is 1. The fourth-order valence-corrected chi connectivity index (χ4v) is 1.90. The molecule has 76 valence electrons. The number of hydrogen-bond acceptors (Lipinski definition) is 2. The number of likely N-dealkylation sites (N-methyl/N-ethyl adjacent to an activating group) is 1. The molecule has 0 aromatic heterocycles. The summed E-state index contributed by atoms with van der Waals surface area (Å²) in [5.41, 5.74) is 0.706. The lowest BCUT2D eigenvalue weighted by Gasteiger charge is -2.18. The Hall–Kier alpha value is -0.740. The lowest BCUT2D eigenvalue weighted by atomic mass is 10.3. The van der Waals surface area contributed by atoms with Crippen molar-refractivity contribution >= 4 is 39.2 Å². The van der Waals surface area contributed by atoms with Crippen molar-refractivity contribution in [2.24, 2.45) is 0 Å². The van der Waals surface area contributed by atoms with E-state index in [1.807, 2.05) is 6.07 Å². The molecule has 1 aromatic carbocycles. The number of anilines is 1. The van der Waals surface area contributed by atoms with E-state index in [0.717, 1.165) is 4.47 Å². The highest BCUT2D eigenvalue weighted by Gasteiger charge is 2.09. The molecule has 0 bridgehead atoms. The van der Waals surface area contributed by atoms with E-state index in [1.54, 1.807) is 24.1 Å². The summed E-state index contributed by atoms with van der Waals surface area (Å²) in [6, 6.07) is 5.32. The van der Waals surface area contributed by atoms with Gasteiger partial charge in [-0.25, -0.2) is 0 Å². The Labute approximate surface area is 95.4 Å². The summed E-state index contributed by atoms with van der Waals surface area (Å²) in [5, 5.41) is 9.13. The fourth-order valence-electron chi connectivity index (χ4n) is 1.08. The molecule has 3 nitrogen and oxygen atoms in total. The maximum atomic E-state index is 10.5. The molecule has 0 radical (unpaired) electrons. The molecule has 1 rings (SSSR count). The largest absolute Gasteiger partial charge is 0.480 e. The summed E-state index contributed by atoms with van der Waals surface area (Å²) in [6.45, 7) is -0.0681. The lowest BCUT2D eigenvalue weighted by molar-refractivity contribution is -0.135. The first kappa shape index (κ1) is 11.3. The second-order valence-electron chi connectivity index (χ2n) is 2.85. The molecule has 1 aromatic rings. The molecule has 14 heavy (non-hydrogen) atoms. The van der Waals surface area contributed by atoms with Crippen LogP contribution >= 0.6 is 27.5 Å². The van der Waals surface area contributed by atoms with Gasteiger partial charge >= 0.3 is 5.97 Å². The van der Waals surface area contributed by atoms with Gasteiger partial charge in [0.1, 0.15) is 6.54 Å². The average molecular weight is 279 g/mol. The number of nitrogens with zero attached hydrogens (tertiary/aromatic N) is 1. The van der Waals surface area contributed by atoms with Crippen LogP contribution in [0.5, 0.6) is 0 Å². The SMILES string of the molecule is CN(CC(=O)O)c1ccc(Br)cc1Cl. The summed E-state index contributed by atoms with van der Waals surface area (Å²) >= 11 is 9.22. The van der Waals surface area contributed by atoms with Gasteiger partial charge in [-0.3, -0.25) is 4.79 Å². The molecule has 1 N–H and O–H groups in total. The Balaban J connectivity index is 2.90. The van der Waals surface area contributed by atoms with Gasteiger partial charge in [0.2, 0.25) is 0 Å². The van der Waals surface area contributed by atoms with Gasteiger partial charge in [0.25, 0.3) is 0 Å². The van der Waals surface area contributed by atoms with Crippen molar-refractivity contribution in [3.05, 3.63) is 27.7 Å². The van der Waals surface area contributed by atoms with Gasteiger partial charge in [0.15, 0.2) is 0 Å². The van der Waals surface area contributed by atoms with Gasteiger partial charge in [-0.05, 0) is 18.2 Å². The van der Waals surface area contributed by atoms with Crippen LogP contribution in [0.25, 0.3) is 0 Å². The van der Waals surface area contributed by atoms with Crippen LogP contribution in [-0.2, 0) is 4.79 Å². The Morgan fingerprint density at radius 2 is 2.29 bits per heavy atom. The third-order valence-electron chi connectivity index (χ3n) is 1.69. The smallest absolute Gasteiger partial charge is 0.323 e. The van der Waals surface area contributed by atoms with E-state index in [2.05, 4.69) is 15.9 Å².